The summed E-state index contributed by atoms with van der Waals surface area (Å²) in [6.45, 7) is 5.52. The van der Waals surface area contributed by atoms with Crippen LogP contribution in [0.25, 0.3) is 0 Å². The van der Waals surface area contributed by atoms with E-state index in [1.807, 2.05) is 19.1 Å². The van der Waals surface area contributed by atoms with Crippen LogP contribution in [-0.2, 0) is 10.0 Å². The van der Waals surface area contributed by atoms with E-state index in [1.165, 1.54) is 34.6 Å². The van der Waals surface area contributed by atoms with Crippen LogP contribution in [0.4, 0.5) is 11.4 Å². The third kappa shape index (κ3) is 3.40. The molecule has 0 radical (unpaired) electrons. The van der Waals surface area contributed by atoms with Gasteiger partial charge in [-0.25, -0.2) is 8.42 Å². The molecule has 2 aromatic carbocycles. The number of aryl methyl sites for hydroxylation is 1. The van der Waals surface area contributed by atoms with Crippen LogP contribution in [0.1, 0.15) is 5.56 Å². The van der Waals surface area contributed by atoms with Gasteiger partial charge in [-0.05, 0) is 30.7 Å². The van der Waals surface area contributed by atoms with Crippen molar-refractivity contribution < 1.29 is 13.3 Å². The van der Waals surface area contributed by atoms with E-state index in [1.54, 1.807) is 12.1 Å². The molecule has 0 N–H and O–H groups in total. The van der Waals surface area contributed by atoms with Crippen molar-refractivity contribution in [2.24, 2.45) is 0 Å². The Morgan fingerprint density at radius 2 is 1.78 bits per heavy atom. The third-order valence-electron chi connectivity index (χ3n) is 3.31. The average Bonchev–Trinajstić information content (AvgIpc) is 2.53. The third-order valence-corrected chi connectivity index (χ3v) is 5.11. The molecule has 0 saturated carbocycles. The van der Waals surface area contributed by atoms with Gasteiger partial charge in [0.05, 0.1) is 22.1 Å². The summed E-state index contributed by atoms with van der Waals surface area (Å²) in [6, 6.07) is 11.9. The van der Waals surface area contributed by atoms with E-state index >= 15 is 0 Å². The number of para-hydroxylation sites is 1. The fourth-order valence-electron chi connectivity index (χ4n) is 2.15. The van der Waals surface area contributed by atoms with E-state index in [4.69, 9.17) is 0 Å². The highest BCUT2D eigenvalue weighted by Crippen LogP contribution is 2.27. The second-order valence-electron chi connectivity index (χ2n) is 4.86. The molecule has 0 atom stereocenters. The van der Waals surface area contributed by atoms with Gasteiger partial charge in [-0.15, -0.1) is 6.58 Å². The molecule has 2 aromatic rings. The highest BCUT2D eigenvalue weighted by molar-refractivity contribution is 7.92. The second kappa shape index (κ2) is 6.62. The van der Waals surface area contributed by atoms with Crippen molar-refractivity contribution in [3.63, 3.8) is 0 Å². The molecular formula is C16H16N2O4S. The van der Waals surface area contributed by atoms with Gasteiger partial charge >= 0.3 is 0 Å². The maximum Gasteiger partial charge on any atom is 0.269 e. The molecule has 0 amide bonds. The van der Waals surface area contributed by atoms with Gasteiger partial charge in [0, 0.05) is 12.1 Å². The summed E-state index contributed by atoms with van der Waals surface area (Å²) in [6.07, 6.45) is 1.50. The number of hydrogen-bond donors (Lipinski definition) is 0. The summed E-state index contributed by atoms with van der Waals surface area (Å²) in [5.41, 5.74) is 1.20. The molecule has 0 aromatic heterocycles. The minimum Gasteiger partial charge on any atom is -0.262 e. The second-order valence-corrected chi connectivity index (χ2v) is 6.72. The average molecular weight is 332 g/mol. The number of rotatable bonds is 6. The fraction of sp³-hybridized carbons (Fsp3) is 0.125. The van der Waals surface area contributed by atoms with Crippen LogP contribution in [0.5, 0.6) is 0 Å². The van der Waals surface area contributed by atoms with Gasteiger partial charge in [0.25, 0.3) is 15.7 Å². The first-order valence-corrected chi connectivity index (χ1v) is 8.25. The quantitative estimate of drug-likeness (QED) is 0.462. The van der Waals surface area contributed by atoms with Gasteiger partial charge in [-0.3, -0.25) is 14.4 Å². The van der Waals surface area contributed by atoms with Crippen LogP contribution in [0.3, 0.4) is 0 Å². The van der Waals surface area contributed by atoms with Crippen LogP contribution in [0.2, 0.25) is 0 Å². The van der Waals surface area contributed by atoms with Gasteiger partial charge in [0.2, 0.25) is 0 Å². The minimum absolute atomic E-state index is 0.00629. The summed E-state index contributed by atoms with van der Waals surface area (Å²) in [5.74, 6) is 0. The number of hydrogen-bond acceptors (Lipinski definition) is 4. The first-order valence-electron chi connectivity index (χ1n) is 6.81. The first kappa shape index (κ1) is 16.7. The van der Waals surface area contributed by atoms with Crippen molar-refractivity contribution in [1.29, 1.82) is 0 Å². The van der Waals surface area contributed by atoms with E-state index in [0.29, 0.717) is 5.69 Å². The Morgan fingerprint density at radius 3 is 2.30 bits per heavy atom. The van der Waals surface area contributed by atoms with E-state index in [9.17, 15) is 18.5 Å². The molecule has 6 nitrogen and oxygen atoms in total. The molecule has 0 aliphatic rings. The first-order chi connectivity index (χ1) is 10.9. The smallest absolute Gasteiger partial charge is 0.262 e. The zero-order chi connectivity index (χ0) is 17.0. The predicted molar refractivity (Wildman–Crippen MR) is 89.0 cm³/mol. The number of nitro groups is 1. The highest BCUT2D eigenvalue weighted by Gasteiger charge is 2.25. The molecule has 0 heterocycles. The fourth-order valence-corrected chi connectivity index (χ4v) is 3.65. The molecule has 2 rings (SSSR count). The Morgan fingerprint density at radius 1 is 1.17 bits per heavy atom. The van der Waals surface area contributed by atoms with Gasteiger partial charge in [0.1, 0.15) is 0 Å². The lowest BCUT2D eigenvalue weighted by atomic mass is 10.2. The summed E-state index contributed by atoms with van der Waals surface area (Å²) in [7, 11) is -3.84. The number of anilines is 1. The molecule has 0 aliphatic carbocycles. The Labute approximate surface area is 134 Å². The molecule has 120 valence electrons. The molecule has 23 heavy (non-hydrogen) atoms. The van der Waals surface area contributed by atoms with Crippen molar-refractivity contribution in [3.8, 4) is 0 Å². The van der Waals surface area contributed by atoms with E-state index < -0.39 is 14.9 Å². The van der Waals surface area contributed by atoms with Crippen LogP contribution >= 0.6 is 0 Å². The van der Waals surface area contributed by atoms with Gasteiger partial charge in [0.15, 0.2) is 0 Å². The van der Waals surface area contributed by atoms with Crippen LogP contribution < -0.4 is 4.31 Å². The van der Waals surface area contributed by atoms with Crippen LogP contribution in [0, 0.1) is 17.0 Å². The standard InChI is InChI=1S/C16H16N2O4S/c1-3-12-17(16-7-5-4-6-13(16)2)23(21,22)15-10-8-14(9-11-15)18(19)20/h3-11H,1,12H2,2H3. The number of benzene rings is 2. The summed E-state index contributed by atoms with van der Waals surface area (Å²) in [5, 5.41) is 10.7. The zero-order valence-electron chi connectivity index (χ0n) is 12.5. The SMILES string of the molecule is C=CCN(c1ccccc1C)S(=O)(=O)c1ccc([N+](=O)[O-])cc1. The molecule has 0 bridgehead atoms. The lowest BCUT2D eigenvalue weighted by molar-refractivity contribution is -0.384. The Kier molecular flexibility index (Phi) is 4.80. The Hall–Kier alpha value is -2.67. The monoisotopic (exact) mass is 332 g/mol. The normalized spacial score (nSPS) is 11.0. The van der Waals surface area contributed by atoms with E-state index in [0.717, 1.165) is 5.56 Å². The summed E-state index contributed by atoms with van der Waals surface area (Å²) >= 11 is 0. The van der Waals surface area contributed by atoms with Gasteiger partial charge < -0.3 is 0 Å². The van der Waals surface area contributed by atoms with Crippen molar-refractivity contribution in [2.75, 3.05) is 10.8 Å². The van der Waals surface area contributed by atoms with Crippen molar-refractivity contribution >= 4 is 21.4 Å². The minimum atomic E-state index is -3.84. The van der Waals surface area contributed by atoms with Gasteiger partial charge in [-0.1, -0.05) is 24.3 Å². The molecule has 0 unspecified atom stereocenters. The molecule has 0 spiro atoms. The topological polar surface area (TPSA) is 80.5 Å². The van der Waals surface area contributed by atoms with E-state index in [2.05, 4.69) is 6.58 Å². The highest BCUT2D eigenvalue weighted by atomic mass is 32.2. The molecule has 7 heteroatoms. The van der Waals surface area contributed by atoms with Crippen molar-refractivity contribution in [1.82, 2.24) is 0 Å². The predicted octanol–water partition coefficient (Wildman–Crippen LogP) is 3.28. The molecule has 0 fully saturated rings. The number of sulfonamides is 1. The number of non-ortho nitro benzene ring substituents is 1. The number of nitrogens with zero attached hydrogens (tertiary/aromatic N) is 2. The molecular weight excluding hydrogens is 316 g/mol. The largest absolute Gasteiger partial charge is 0.269 e. The van der Waals surface area contributed by atoms with Crippen LogP contribution in [-0.4, -0.2) is 19.9 Å². The van der Waals surface area contributed by atoms with Crippen molar-refractivity contribution in [3.05, 3.63) is 76.9 Å². The summed E-state index contributed by atoms with van der Waals surface area (Å²) < 4.78 is 27.0. The maximum atomic E-state index is 12.9. The van der Waals surface area contributed by atoms with Crippen molar-refractivity contribution in [2.45, 2.75) is 11.8 Å². The van der Waals surface area contributed by atoms with Gasteiger partial charge in [-0.2, -0.15) is 0 Å². The van der Waals surface area contributed by atoms with E-state index in [-0.39, 0.29) is 17.1 Å². The molecule has 0 saturated heterocycles. The number of nitro benzene ring substituents is 1. The summed E-state index contributed by atoms with van der Waals surface area (Å²) in [4.78, 5) is 10.1. The van der Waals surface area contributed by atoms with Crippen LogP contribution in [0.15, 0.2) is 66.1 Å². The Bertz CT molecular complexity index is 829. The lowest BCUT2D eigenvalue weighted by Crippen LogP contribution is -2.31. The zero-order valence-corrected chi connectivity index (χ0v) is 13.4. The maximum absolute atomic E-state index is 12.9. The lowest BCUT2D eigenvalue weighted by Gasteiger charge is -2.24. The molecule has 0 aliphatic heterocycles. The Balaban J connectivity index is 2.51.